The molecule has 2 aromatic carbocycles. The lowest BCUT2D eigenvalue weighted by Crippen LogP contribution is -2.20. The zero-order valence-corrected chi connectivity index (χ0v) is 13.9. The van der Waals surface area contributed by atoms with Crippen LogP contribution in [0.1, 0.15) is 5.82 Å². The molecular formula is C19H15N3O4. The van der Waals surface area contributed by atoms with Crippen LogP contribution in [0.5, 0.6) is 5.75 Å². The van der Waals surface area contributed by atoms with Gasteiger partial charge in [0.1, 0.15) is 22.7 Å². The van der Waals surface area contributed by atoms with Crippen molar-refractivity contribution in [2.45, 2.75) is 6.92 Å². The fourth-order valence-corrected chi connectivity index (χ4v) is 2.72. The second kappa shape index (κ2) is 6.36. The minimum absolute atomic E-state index is 0.178. The molecule has 0 saturated heterocycles. The number of anilines is 1. The molecule has 26 heavy (non-hydrogen) atoms. The molecule has 0 spiro atoms. The Kier molecular flexibility index (Phi) is 3.89. The Morgan fingerprint density at radius 3 is 2.96 bits per heavy atom. The maximum absolute atomic E-state index is 12.2. The van der Waals surface area contributed by atoms with E-state index < -0.39 is 5.63 Å². The highest BCUT2D eigenvalue weighted by Crippen LogP contribution is 2.22. The number of para-hydroxylation sites is 1. The van der Waals surface area contributed by atoms with E-state index >= 15 is 0 Å². The van der Waals surface area contributed by atoms with Crippen molar-refractivity contribution in [2.24, 2.45) is 0 Å². The molecule has 4 aromatic rings. The Labute approximate surface area is 147 Å². The number of benzene rings is 2. The highest BCUT2D eigenvalue weighted by Gasteiger charge is 2.10. The molecular weight excluding hydrogens is 334 g/mol. The third kappa shape index (κ3) is 3.14. The number of rotatable bonds is 4. The van der Waals surface area contributed by atoms with Gasteiger partial charge in [0.25, 0.3) is 5.91 Å². The van der Waals surface area contributed by atoms with Crippen LogP contribution in [0.25, 0.3) is 22.0 Å². The molecule has 1 amide bonds. The van der Waals surface area contributed by atoms with E-state index in [0.717, 1.165) is 16.7 Å². The van der Waals surface area contributed by atoms with Crippen LogP contribution in [-0.2, 0) is 4.79 Å². The predicted octanol–water partition coefficient (Wildman–Crippen LogP) is 3.00. The molecule has 0 saturated carbocycles. The first-order valence-corrected chi connectivity index (χ1v) is 8.00. The van der Waals surface area contributed by atoms with E-state index in [1.54, 1.807) is 30.3 Å². The summed E-state index contributed by atoms with van der Waals surface area (Å²) in [4.78, 5) is 31.0. The van der Waals surface area contributed by atoms with Crippen LogP contribution in [0.2, 0.25) is 0 Å². The number of aryl methyl sites for hydroxylation is 1. The minimum atomic E-state index is -0.435. The molecule has 0 aliphatic rings. The number of carbonyl (C=O) groups is 1. The van der Waals surface area contributed by atoms with Gasteiger partial charge in [0.2, 0.25) is 0 Å². The maximum atomic E-state index is 12.2. The minimum Gasteiger partial charge on any atom is -0.484 e. The lowest BCUT2D eigenvalue weighted by Gasteiger charge is -2.08. The molecule has 2 aromatic heterocycles. The number of hydrogen-bond donors (Lipinski definition) is 2. The first-order chi connectivity index (χ1) is 12.6. The molecule has 0 bridgehead atoms. The van der Waals surface area contributed by atoms with Crippen LogP contribution in [0.3, 0.4) is 0 Å². The fourth-order valence-electron chi connectivity index (χ4n) is 2.72. The summed E-state index contributed by atoms with van der Waals surface area (Å²) in [6.07, 6.45) is 0. The average molecular weight is 349 g/mol. The van der Waals surface area contributed by atoms with Crippen LogP contribution < -0.4 is 15.7 Å². The zero-order chi connectivity index (χ0) is 18.1. The molecule has 0 unspecified atom stereocenters. The van der Waals surface area contributed by atoms with E-state index in [9.17, 15) is 9.59 Å². The molecule has 7 nitrogen and oxygen atoms in total. The largest absolute Gasteiger partial charge is 0.484 e. The van der Waals surface area contributed by atoms with E-state index in [-0.39, 0.29) is 12.5 Å². The lowest BCUT2D eigenvalue weighted by molar-refractivity contribution is -0.118. The predicted molar refractivity (Wildman–Crippen MR) is 97.4 cm³/mol. The smallest absolute Gasteiger partial charge is 0.336 e. The number of nitrogens with zero attached hydrogens (tertiary/aromatic N) is 1. The number of hydrogen-bond acceptors (Lipinski definition) is 5. The van der Waals surface area contributed by atoms with E-state index in [0.29, 0.717) is 22.5 Å². The number of ether oxygens (including phenoxy) is 1. The summed E-state index contributed by atoms with van der Waals surface area (Å²) in [5.41, 5.74) is 2.14. The van der Waals surface area contributed by atoms with Crippen LogP contribution >= 0.6 is 0 Å². The van der Waals surface area contributed by atoms with E-state index in [2.05, 4.69) is 15.3 Å². The van der Waals surface area contributed by atoms with Gasteiger partial charge in [-0.2, -0.15) is 0 Å². The maximum Gasteiger partial charge on any atom is 0.336 e. The van der Waals surface area contributed by atoms with Crippen LogP contribution in [-0.4, -0.2) is 22.5 Å². The summed E-state index contributed by atoms with van der Waals surface area (Å²) >= 11 is 0. The van der Waals surface area contributed by atoms with Gasteiger partial charge < -0.3 is 19.5 Å². The van der Waals surface area contributed by atoms with Gasteiger partial charge in [0.05, 0.1) is 11.2 Å². The van der Waals surface area contributed by atoms with Gasteiger partial charge in [-0.25, -0.2) is 9.78 Å². The molecule has 2 N–H and O–H groups in total. The van der Waals surface area contributed by atoms with Crippen molar-refractivity contribution < 1.29 is 13.9 Å². The van der Waals surface area contributed by atoms with Gasteiger partial charge >= 0.3 is 5.63 Å². The van der Waals surface area contributed by atoms with Gasteiger partial charge in [-0.05, 0) is 37.3 Å². The lowest BCUT2D eigenvalue weighted by atomic mass is 10.2. The van der Waals surface area contributed by atoms with Crippen molar-refractivity contribution in [3.63, 3.8) is 0 Å². The molecule has 130 valence electrons. The zero-order valence-electron chi connectivity index (χ0n) is 13.9. The highest BCUT2D eigenvalue weighted by atomic mass is 16.5. The van der Waals surface area contributed by atoms with Crippen LogP contribution in [0.4, 0.5) is 5.69 Å². The summed E-state index contributed by atoms with van der Waals surface area (Å²) < 4.78 is 10.6. The quantitative estimate of drug-likeness (QED) is 0.552. The van der Waals surface area contributed by atoms with Crippen LogP contribution in [0.15, 0.2) is 57.7 Å². The van der Waals surface area contributed by atoms with Crippen molar-refractivity contribution >= 4 is 33.6 Å². The molecule has 0 radical (unpaired) electrons. The SMILES string of the molecule is Cc1nc2c(NC(=O)COc3ccc4ccc(=O)oc4c3)cccc2[nH]1. The first-order valence-electron chi connectivity index (χ1n) is 8.00. The number of H-pyrrole nitrogens is 1. The number of aromatic amines is 1. The van der Waals surface area contributed by atoms with Gasteiger partial charge in [0, 0.05) is 17.5 Å². The van der Waals surface area contributed by atoms with Gasteiger partial charge in [0.15, 0.2) is 6.61 Å². The molecule has 4 rings (SSSR count). The van der Waals surface area contributed by atoms with Crippen molar-refractivity contribution in [2.75, 3.05) is 11.9 Å². The second-order valence-electron chi connectivity index (χ2n) is 5.81. The Hall–Kier alpha value is -3.61. The number of aromatic nitrogens is 2. The normalized spacial score (nSPS) is 11.0. The number of amides is 1. The molecule has 0 aliphatic carbocycles. The third-order valence-electron chi connectivity index (χ3n) is 3.87. The standard InChI is InChI=1S/C19H15N3O4/c1-11-20-14-3-2-4-15(19(14)21-11)22-17(23)10-25-13-7-5-12-6-8-18(24)26-16(12)9-13/h2-9H,10H2,1H3,(H,20,21)(H,22,23). The van der Waals surface area contributed by atoms with Crippen molar-refractivity contribution in [3.8, 4) is 5.75 Å². The highest BCUT2D eigenvalue weighted by molar-refractivity contribution is 6.00. The second-order valence-corrected chi connectivity index (χ2v) is 5.81. The van der Waals surface area contributed by atoms with Gasteiger partial charge in [-0.3, -0.25) is 4.79 Å². The Morgan fingerprint density at radius 2 is 2.08 bits per heavy atom. The van der Waals surface area contributed by atoms with E-state index in [4.69, 9.17) is 9.15 Å². The Balaban J connectivity index is 1.47. The molecule has 7 heteroatoms. The summed E-state index contributed by atoms with van der Waals surface area (Å²) in [5, 5.41) is 3.57. The fraction of sp³-hybridized carbons (Fsp3) is 0.105. The summed E-state index contributed by atoms with van der Waals surface area (Å²) in [6.45, 7) is 1.68. The van der Waals surface area contributed by atoms with Crippen molar-refractivity contribution in [1.29, 1.82) is 0 Å². The summed E-state index contributed by atoms with van der Waals surface area (Å²) in [6, 6.07) is 13.6. The van der Waals surface area contributed by atoms with Crippen molar-refractivity contribution in [1.82, 2.24) is 9.97 Å². The number of fused-ring (bicyclic) bond motifs is 2. The average Bonchev–Trinajstić information content (AvgIpc) is 3.01. The van der Waals surface area contributed by atoms with Crippen molar-refractivity contribution in [3.05, 3.63) is 64.8 Å². The van der Waals surface area contributed by atoms with E-state index in [1.807, 2.05) is 19.1 Å². The van der Waals surface area contributed by atoms with Gasteiger partial charge in [-0.15, -0.1) is 0 Å². The number of carbonyl (C=O) groups excluding carboxylic acids is 1. The third-order valence-corrected chi connectivity index (χ3v) is 3.87. The monoisotopic (exact) mass is 349 g/mol. The summed E-state index contributed by atoms with van der Waals surface area (Å²) in [7, 11) is 0. The summed E-state index contributed by atoms with van der Waals surface area (Å²) in [5.74, 6) is 0.902. The Bertz CT molecular complexity index is 1180. The first kappa shape index (κ1) is 15.9. The molecule has 2 heterocycles. The Morgan fingerprint density at radius 1 is 1.23 bits per heavy atom. The number of imidazole rings is 1. The van der Waals surface area contributed by atoms with Gasteiger partial charge in [-0.1, -0.05) is 6.07 Å². The molecule has 0 atom stereocenters. The van der Waals surface area contributed by atoms with Crippen LogP contribution in [0, 0.1) is 6.92 Å². The van der Waals surface area contributed by atoms with E-state index in [1.165, 1.54) is 6.07 Å². The molecule has 0 aliphatic heterocycles. The topological polar surface area (TPSA) is 97.2 Å². The number of nitrogens with one attached hydrogen (secondary N) is 2. The molecule has 0 fully saturated rings.